The molecule has 3 rings (SSSR count). The third kappa shape index (κ3) is 5.29. The second-order valence-electron chi connectivity index (χ2n) is 6.93. The summed E-state index contributed by atoms with van der Waals surface area (Å²) in [6.07, 6.45) is 3.48. The number of ether oxygens (including phenoxy) is 1. The molecule has 0 aliphatic rings. The molecule has 0 fully saturated rings. The third-order valence-corrected chi connectivity index (χ3v) is 4.91. The molecule has 1 unspecified atom stereocenters. The van der Waals surface area contributed by atoms with Crippen molar-refractivity contribution in [1.82, 2.24) is 10.3 Å². The van der Waals surface area contributed by atoms with Crippen LogP contribution < -0.4 is 21.1 Å². The van der Waals surface area contributed by atoms with E-state index in [1.807, 2.05) is 24.3 Å². The Morgan fingerprint density at radius 1 is 1.28 bits per heavy atom. The van der Waals surface area contributed by atoms with E-state index in [9.17, 15) is 4.79 Å². The summed E-state index contributed by atoms with van der Waals surface area (Å²) in [4.78, 5) is 16.7. The minimum absolute atomic E-state index is 0.192. The number of hydrogen-bond acceptors (Lipinski definition) is 5. The van der Waals surface area contributed by atoms with Crippen LogP contribution in [0.25, 0.3) is 10.9 Å². The van der Waals surface area contributed by atoms with Crippen molar-refractivity contribution >= 4 is 39.8 Å². The average Bonchev–Trinajstić information content (AvgIpc) is 2.71. The lowest BCUT2D eigenvalue weighted by atomic mass is 10.1. The molecular weight excluding hydrogens is 388 g/mol. The van der Waals surface area contributed by atoms with Gasteiger partial charge in [0, 0.05) is 40.9 Å². The minimum Gasteiger partial charge on any atom is -0.497 e. The van der Waals surface area contributed by atoms with Gasteiger partial charge >= 0.3 is 0 Å². The Bertz CT molecular complexity index is 1010. The quantitative estimate of drug-likeness (QED) is 0.374. The van der Waals surface area contributed by atoms with E-state index in [1.54, 1.807) is 31.5 Å². The summed E-state index contributed by atoms with van der Waals surface area (Å²) in [5.41, 5.74) is 8.52. The Labute approximate surface area is 175 Å². The van der Waals surface area contributed by atoms with E-state index in [0.717, 1.165) is 35.2 Å². The maximum absolute atomic E-state index is 12.3. The lowest BCUT2D eigenvalue weighted by molar-refractivity contribution is 0.0953. The van der Waals surface area contributed by atoms with Crippen molar-refractivity contribution in [2.75, 3.05) is 24.7 Å². The first-order valence-electron chi connectivity index (χ1n) is 9.50. The second-order valence-corrected chi connectivity index (χ2v) is 7.36. The predicted octanol–water partition coefficient (Wildman–Crippen LogP) is 4.49. The molecule has 0 saturated carbocycles. The number of hydrogen-bond donors (Lipinski definition) is 3. The number of nitrogens with zero attached hydrogens (tertiary/aromatic N) is 1. The standard InChI is InChI=1S/C22H25ClN4O2/c1-14(5-3-10-26-22(28)18-8-7-16(23)12-19(18)24)27-20-13-17(29-2)11-15-6-4-9-25-21(15)20/h4,6-9,11-14,27H,3,5,10,24H2,1-2H3,(H,26,28). The first-order chi connectivity index (χ1) is 14.0. The van der Waals surface area contributed by atoms with Gasteiger partial charge in [-0.2, -0.15) is 0 Å². The summed E-state index contributed by atoms with van der Waals surface area (Å²) >= 11 is 5.87. The maximum Gasteiger partial charge on any atom is 0.253 e. The number of benzene rings is 2. The number of fused-ring (bicyclic) bond motifs is 1. The fourth-order valence-electron chi connectivity index (χ4n) is 3.18. The van der Waals surface area contributed by atoms with Gasteiger partial charge in [-0.25, -0.2) is 0 Å². The molecule has 0 spiro atoms. The second kappa shape index (κ2) is 9.47. The van der Waals surface area contributed by atoms with E-state index in [2.05, 4.69) is 22.5 Å². The van der Waals surface area contributed by atoms with Crippen LogP contribution in [0.5, 0.6) is 5.75 Å². The number of aromatic nitrogens is 1. The van der Waals surface area contributed by atoms with E-state index >= 15 is 0 Å². The minimum atomic E-state index is -0.192. The first kappa shape index (κ1) is 20.7. The molecule has 2 aromatic carbocycles. The van der Waals surface area contributed by atoms with Gasteiger partial charge in [0.05, 0.1) is 23.9 Å². The van der Waals surface area contributed by atoms with Crippen LogP contribution in [0.1, 0.15) is 30.1 Å². The molecule has 6 nitrogen and oxygen atoms in total. The number of carbonyl (C=O) groups excluding carboxylic acids is 1. The molecule has 29 heavy (non-hydrogen) atoms. The molecular formula is C22H25ClN4O2. The summed E-state index contributed by atoms with van der Waals surface area (Å²) in [5.74, 6) is 0.593. The number of halogens is 1. The maximum atomic E-state index is 12.3. The zero-order valence-corrected chi connectivity index (χ0v) is 17.3. The summed E-state index contributed by atoms with van der Waals surface area (Å²) < 4.78 is 5.39. The van der Waals surface area contributed by atoms with Crippen molar-refractivity contribution in [2.45, 2.75) is 25.8 Å². The molecule has 1 atom stereocenters. The Kier molecular flexibility index (Phi) is 6.77. The lowest BCUT2D eigenvalue weighted by Crippen LogP contribution is -2.26. The van der Waals surface area contributed by atoms with Crippen LogP contribution in [-0.4, -0.2) is 30.6 Å². The van der Waals surface area contributed by atoms with Crippen molar-refractivity contribution < 1.29 is 9.53 Å². The molecule has 0 saturated heterocycles. The van der Waals surface area contributed by atoms with E-state index < -0.39 is 0 Å². The summed E-state index contributed by atoms with van der Waals surface area (Å²) in [6.45, 7) is 2.66. The van der Waals surface area contributed by atoms with Crippen LogP contribution in [0, 0.1) is 0 Å². The number of nitrogens with two attached hydrogens (primary N) is 1. The molecule has 0 aliphatic carbocycles. The van der Waals surface area contributed by atoms with Gasteiger partial charge < -0.3 is 21.1 Å². The van der Waals surface area contributed by atoms with Gasteiger partial charge in [0.1, 0.15) is 5.75 Å². The molecule has 152 valence electrons. The fraction of sp³-hybridized carbons (Fsp3) is 0.273. The molecule has 0 radical (unpaired) electrons. The smallest absolute Gasteiger partial charge is 0.253 e. The van der Waals surface area contributed by atoms with Gasteiger partial charge in [0.15, 0.2) is 0 Å². The number of nitrogen functional groups attached to an aromatic ring is 1. The van der Waals surface area contributed by atoms with E-state index in [4.69, 9.17) is 22.1 Å². The van der Waals surface area contributed by atoms with Crippen LogP contribution in [-0.2, 0) is 0 Å². The summed E-state index contributed by atoms with van der Waals surface area (Å²) in [6, 6.07) is 12.9. The fourth-order valence-corrected chi connectivity index (χ4v) is 3.36. The summed E-state index contributed by atoms with van der Waals surface area (Å²) in [7, 11) is 1.65. The van der Waals surface area contributed by atoms with Crippen molar-refractivity contribution in [3.63, 3.8) is 0 Å². The van der Waals surface area contributed by atoms with E-state index in [0.29, 0.717) is 22.8 Å². The monoisotopic (exact) mass is 412 g/mol. The van der Waals surface area contributed by atoms with E-state index in [-0.39, 0.29) is 11.9 Å². The predicted molar refractivity (Wildman–Crippen MR) is 119 cm³/mol. The normalized spacial score (nSPS) is 11.8. The Morgan fingerprint density at radius 2 is 2.10 bits per heavy atom. The number of methoxy groups -OCH3 is 1. The zero-order valence-electron chi connectivity index (χ0n) is 16.5. The van der Waals surface area contributed by atoms with Gasteiger partial charge in [-0.05, 0) is 50.1 Å². The average molecular weight is 413 g/mol. The van der Waals surface area contributed by atoms with Crippen molar-refractivity contribution in [2.24, 2.45) is 0 Å². The zero-order chi connectivity index (χ0) is 20.8. The van der Waals surface area contributed by atoms with Gasteiger partial charge in [-0.1, -0.05) is 17.7 Å². The van der Waals surface area contributed by atoms with Gasteiger partial charge in [0.25, 0.3) is 5.91 Å². The lowest BCUT2D eigenvalue weighted by Gasteiger charge is -2.17. The molecule has 1 amide bonds. The number of anilines is 2. The number of carbonyl (C=O) groups is 1. The van der Waals surface area contributed by atoms with Crippen molar-refractivity contribution in [3.8, 4) is 5.75 Å². The highest BCUT2D eigenvalue weighted by Crippen LogP contribution is 2.28. The largest absolute Gasteiger partial charge is 0.497 e. The van der Waals surface area contributed by atoms with E-state index in [1.165, 1.54) is 0 Å². The van der Waals surface area contributed by atoms with Crippen LogP contribution >= 0.6 is 11.6 Å². The highest BCUT2D eigenvalue weighted by molar-refractivity contribution is 6.31. The van der Waals surface area contributed by atoms with Gasteiger partial charge in [-0.15, -0.1) is 0 Å². The highest BCUT2D eigenvalue weighted by atomic mass is 35.5. The molecule has 0 aliphatic heterocycles. The molecule has 1 heterocycles. The van der Waals surface area contributed by atoms with Crippen LogP contribution in [0.3, 0.4) is 0 Å². The van der Waals surface area contributed by atoms with Crippen LogP contribution in [0.15, 0.2) is 48.7 Å². The van der Waals surface area contributed by atoms with Gasteiger partial charge in [0.2, 0.25) is 0 Å². The number of rotatable bonds is 8. The van der Waals surface area contributed by atoms with Crippen LogP contribution in [0.4, 0.5) is 11.4 Å². The molecule has 1 aromatic heterocycles. The summed E-state index contributed by atoms with van der Waals surface area (Å²) in [5, 5.41) is 7.94. The van der Waals surface area contributed by atoms with Crippen molar-refractivity contribution in [3.05, 3.63) is 59.2 Å². The molecule has 4 N–H and O–H groups in total. The first-order valence-corrected chi connectivity index (χ1v) is 9.88. The molecule has 0 bridgehead atoms. The highest BCUT2D eigenvalue weighted by Gasteiger charge is 2.11. The van der Waals surface area contributed by atoms with Crippen LogP contribution in [0.2, 0.25) is 5.02 Å². The number of pyridine rings is 1. The van der Waals surface area contributed by atoms with Crippen molar-refractivity contribution in [1.29, 1.82) is 0 Å². The molecule has 3 aromatic rings. The number of amides is 1. The Morgan fingerprint density at radius 3 is 2.86 bits per heavy atom. The molecule has 7 heteroatoms. The number of nitrogens with one attached hydrogen (secondary N) is 2. The van der Waals surface area contributed by atoms with Gasteiger partial charge in [-0.3, -0.25) is 9.78 Å². The Balaban J connectivity index is 1.53. The third-order valence-electron chi connectivity index (χ3n) is 4.67. The Hall–Kier alpha value is -2.99. The SMILES string of the molecule is COc1cc(NC(C)CCCNC(=O)c2ccc(Cl)cc2N)c2ncccc2c1. The topological polar surface area (TPSA) is 89.3 Å².